The number of fused-ring (bicyclic) bond motifs is 4. The summed E-state index contributed by atoms with van der Waals surface area (Å²) in [5, 5.41) is 2.39. The van der Waals surface area contributed by atoms with E-state index in [2.05, 4.69) is 46.4 Å². The van der Waals surface area contributed by atoms with Gasteiger partial charge >= 0.3 is 0 Å². The maximum atomic E-state index is 5.72. The third-order valence-corrected chi connectivity index (χ3v) is 5.96. The molecule has 2 radical (unpaired) electrons. The van der Waals surface area contributed by atoms with Crippen LogP contribution in [-0.4, -0.2) is 9.97 Å². The van der Waals surface area contributed by atoms with Crippen LogP contribution in [-0.2, 0) is 59.4 Å². The molecule has 0 saturated heterocycles. The van der Waals surface area contributed by atoms with E-state index in [1.807, 2.05) is 91.1 Å². The average Bonchev–Trinajstić information content (AvgIpc) is 2.98. The molecular formula is C33H20IrN2OY-4. The van der Waals surface area contributed by atoms with Crippen LogP contribution in [0.25, 0.3) is 44.4 Å². The van der Waals surface area contributed by atoms with Crippen LogP contribution in [0.5, 0.6) is 5.75 Å². The van der Waals surface area contributed by atoms with Gasteiger partial charge in [-0.1, -0.05) is 24.3 Å². The molecule has 3 nitrogen and oxygen atoms in total. The molecule has 3 heterocycles. The first-order valence-corrected chi connectivity index (χ1v) is 11.7. The van der Waals surface area contributed by atoms with Gasteiger partial charge < -0.3 is 14.7 Å². The molecule has 4 aromatic carbocycles. The Morgan fingerprint density at radius 3 is 2.18 bits per heavy atom. The Bertz CT molecular complexity index is 1640. The molecule has 1 aliphatic heterocycles. The molecule has 0 atom stereocenters. The molecule has 0 N–H and O–H groups in total. The molecule has 184 valence electrons. The number of nitrogens with zero attached hydrogens (tertiary/aromatic N) is 2. The molecule has 2 aromatic heterocycles. The number of ether oxygens (including phenoxy) is 1. The van der Waals surface area contributed by atoms with Gasteiger partial charge in [0.1, 0.15) is 0 Å². The zero-order valence-corrected chi connectivity index (χ0v) is 25.5. The van der Waals surface area contributed by atoms with Crippen LogP contribution < -0.4 is 4.74 Å². The summed E-state index contributed by atoms with van der Waals surface area (Å²) in [5.74, 6) is 0.809. The molecule has 7 rings (SSSR count). The second kappa shape index (κ2) is 13.2. The third-order valence-electron chi connectivity index (χ3n) is 5.96. The molecule has 0 spiro atoms. The number of aromatic nitrogens is 2. The molecule has 0 unspecified atom stereocenters. The predicted octanol–water partition coefficient (Wildman–Crippen LogP) is 7.41. The van der Waals surface area contributed by atoms with Gasteiger partial charge in [-0.25, -0.2) is 29.3 Å². The van der Waals surface area contributed by atoms with E-state index in [9.17, 15) is 0 Å². The van der Waals surface area contributed by atoms with Crippen molar-refractivity contribution < 1.29 is 57.6 Å². The van der Waals surface area contributed by atoms with E-state index in [1.54, 1.807) is 6.20 Å². The number of hydrogen-bond donors (Lipinski definition) is 0. The Morgan fingerprint density at radius 2 is 1.39 bits per heavy atom. The zero-order chi connectivity index (χ0) is 24.2. The predicted molar refractivity (Wildman–Crippen MR) is 142 cm³/mol. The van der Waals surface area contributed by atoms with Crippen molar-refractivity contribution in [2.75, 3.05) is 0 Å². The fraction of sp³-hybridized carbons (Fsp3) is 0.0303. The Morgan fingerprint density at radius 1 is 0.658 bits per heavy atom. The molecule has 0 aliphatic carbocycles. The van der Waals surface area contributed by atoms with Crippen molar-refractivity contribution in [1.29, 1.82) is 0 Å². The molecule has 0 saturated carbocycles. The van der Waals surface area contributed by atoms with Gasteiger partial charge in [-0.05, 0) is 40.4 Å². The Labute approximate surface area is 261 Å². The molecule has 1 aliphatic rings. The van der Waals surface area contributed by atoms with E-state index in [4.69, 9.17) is 4.74 Å². The van der Waals surface area contributed by atoms with Gasteiger partial charge in [0.25, 0.3) is 0 Å². The summed E-state index contributed by atoms with van der Waals surface area (Å²) in [6, 6.07) is 45.0. The number of benzene rings is 4. The van der Waals surface area contributed by atoms with Crippen LogP contribution in [0.15, 0.2) is 109 Å². The van der Waals surface area contributed by atoms with E-state index in [0.29, 0.717) is 6.61 Å². The first kappa shape index (κ1) is 28.0. The monoisotopic (exact) mass is 742 g/mol. The van der Waals surface area contributed by atoms with Crippen molar-refractivity contribution in [3.63, 3.8) is 0 Å². The van der Waals surface area contributed by atoms with Gasteiger partial charge in [0, 0.05) is 65.2 Å². The summed E-state index contributed by atoms with van der Waals surface area (Å²) in [4.78, 5) is 8.82. The van der Waals surface area contributed by atoms with Gasteiger partial charge in [-0.15, -0.1) is 42.0 Å². The quantitative estimate of drug-likeness (QED) is 0.174. The third kappa shape index (κ3) is 6.00. The second-order valence-electron chi connectivity index (χ2n) is 8.25. The molecule has 0 bridgehead atoms. The molecule has 6 aromatic rings. The van der Waals surface area contributed by atoms with Gasteiger partial charge in [-0.3, -0.25) is 0 Å². The number of hydrogen-bond acceptors (Lipinski definition) is 3. The van der Waals surface area contributed by atoms with E-state index in [-0.39, 0.29) is 52.8 Å². The number of pyridine rings is 2. The van der Waals surface area contributed by atoms with Gasteiger partial charge in [0.05, 0.1) is 12.4 Å². The first-order valence-electron chi connectivity index (χ1n) is 11.7. The van der Waals surface area contributed by atoms with E-state index in [1.165, 1.54) is 10.8 Å². The summed E-state index contributed by atoms with van der Waals surface area (Å²) in [7, 11) is 0. The van der Waals surface area contributed by atoms with Gasteiger partial charge in [-0.2, -0.15) is 35.4 Å². The van der Waals surface area contributed by atoms with Crippen LogP contribution in [0.2, 0.25) is 0 Å². The Kier molecular flexibility index (Phi) is 9.71. The van der Waals surface area contributed by atoms with E-state index >= 15 is 0 Å². The van der Waals surface area contributed by atoms with Crippen LogP contribution in [0.4, 0.5) is 0 Å². The fourth-order valence-corrected chi connectivity index (χ4v) is 4.24. The largest absolute Gasteiger partial charge is 0.508 e. The maximum absolute atomic E-state index is 5.72. The Balaban J connectivity index is 0.000000172. The van der Waals surface area contributed by atoms with E-state index in [0.717, 1.165) is 45.0 Å². The average molecular weight is 742 g/mol. The Hall–Kier alpha value is -3.01. The number of rotatable bonds is 2. The summed E-state index contributed by atoms with van der Waals surface area (Å²) in [6.45, 7) is 0.505. The topological polar surface area (TPSA) is 35.0 Å². The molecule has 5 heteroatoms. The van der Waals surface area contributed by atoms with Crippen molar-refractivity contribution >= 4 is 10.8 Å². The zero-order valence-electron chi connectivity index (χ0n) is 20.3. The van der Waals surface area contributed by atoms with Crippen LogP contribution in [0.3, 0.4) is 0 Å². The van der Waals surface area contributed by atoms with Crippen molar-refractivity contribution in [3.05, 3.63) is 139 Å². The van der Waals surface area contributed by atoms with Crippen LogP contribution in [0.1, 0.15) is 5.56 Å². The molecule has 38 heavy (non-hydrogen) atoms. The van der Waals surface area contributed by atoms with Gasteiger partial charge in [0.15, 0.2) is 0 Å². The smallest absolute Gasteiger partial charge is 0.0937 e. The summed E-state index contributed by atoms with van der Waals surface area (Å²) < 4.78 is 5.72. The summed E-state index contributed by atoms with van der Waals surface area (Å²) in [5.41, 5.74) is 6.84. The molecular weight excluding hydrogens is 721 g/mol. The standard InChI is InChI=1S/C18H10NO.C15H10N.Ir.Y/c1-2-5-13(6-3-1)14-8-9-16-15(11-14)12-20-17-7-4-10-19-18(16)17;1-2-7-13(8-3-1)15-14-9-5-4-6-12(14)10-11-16-15;;/h1-5,7-8,10H,12H2;1-7,9-11H;;/q-3;-1;;. The minimum atomic E-state index is 0. The van der Waals surface area contributed by atoms with Crippen molar-refractivity contribution in [1.82, 2.24) is 9.97 Å². The molecule has 0 fully saturated rings. The first-order chi connectivity index (χ1) is 17.9. The van der Waals surface area contributed by atoms with Crippen molar-refractivity contribution in [2.45, 2.75) is 6.61 Å². The van der Waals surface area contributed by atoms with Crippen molar-refractivity contribution in [2.24, 2.45) is 0 Å². The van der Waals surface area contributed by atoms with Crippen LogP contribution >= 0.6 is 0 Å². The van der Waals surface area contributed by atoms with Gasteiger partial charge in [0.2, 0.25) is 0 Å². The summed E-state index contributed by atoms with van der Waals surface area (Å²) in [6.07, 6.45) is 3.61. The van der Waals surface area contributed by atoms with Crippen LogP contribution in [0, 0.1) is 24.3 Å². The molecule has 0 amide bonds. The normalized spacial score (nSPS) is 10.8. The SMILES string of the molecule is [Ir].[Y].[c-]1ccccc1-c1[c-]c2c([c-]c1)-c1ncccc1OC2.[c-]1ccccc1-c1nccc2ccccc12. The fourth-order valence-electron chi connectivity index (χ4n) is 4.24. The second-order valence-corrected chi connectivity index (χ2v) is 8.25. The summed E-state index contributed by atoms with van der Waals surface area (Å²) >= 11 is 0. The minimum absolute atomic E-state index is 0. The maximum Gasteiger partial charge on any atom is 0.0937 e. The van der Waals surface area contributed by atoms with Crippen molar-refractivity contribution in [3.8, 4) is 39.4 Å². The minimum Gasteiger partial charge on any atom is -0.508 e. The van der Waals surface area contributed by atoms with E-state index < -0.39 is 0 Å².